The summed E-state index contributed by atoms with van der Waals surface area (Å²) >= 11 is 1.63. The third-order valence-corrected chi connectivity index (χ3v) is 7.16. The molecule has 0 spiro atoms. The minimum absolute atomic E-state index is 0.135. The van der Waals surface area contributed by atoms with Gasteiger partial charge in [0, 0.05) is 41.0 Å². The Morgan fingerprint density at radius 1 is 1.10 bits per heavy atom. The highest BCUT2D eigenvalue weighted by molar-refractivity contribution is 7.15. The van der Waals surface area contributed by atoms with Crippen LogP contribution in [0.3, 0.4) is 0 Å². The van der Waals surface area contributed by atoms with Gasteiger partial charge in [-0.3, -0.25) is 19.9 Å². The number of carbonyl (C=O) groups is 1. The van der Waals surface area contributed by atoms with Crippen LogP contribution in [-0.4, -0.2) is 41.0 Å². The smallest absolute Gasteiger partial charge is 0.224 e. The standard InChI is InChI=1S/C28H25FN8OS/c1-14-5-6-19(39-14)24-23-18(7-8-31-24)34-27(35-23)25-21-22(29)17(13-32-26(21)37-36-25)15-9-16(12-30-11-15)33-20(38)10-28(2,3)4/h5-9,11-13H,10H2,1-4H3,(H,33,38)(H,34,35)(H,32,36,37). The van der Waals surface area contributed by atoms with E-state index < -0.39 is 5.82 Å². The number of nitrogens with one attached hydrogen (secondary N) is 3. The van der Waals surface area contributed by atoms with Crippen LogP contribution in [0.1, 0.15) is 32.1 Å². The van der Waals surface area contributed by atoms with Gasteiger partial charge >= 0.3 is 0 Å². The van der Waals surface area contributed by atoms with Crippen molar-refractivity contribution in [1.82, 2.24) is 35.1 Å². The van der Waals surface area contributed by atoms with Crippen LogP contribution in [0.15, 0.2) is 49.1 Å². The molecule has 6 heterocycles. The number of halogens is 1. The van der Waals surface area contributed by atoms with Gasteiger partial charge in [-0.15, -0.1) is 11.3 Å². The van der Waals surface area contributed by atoms with Crippen LogP contribution in [-0.2, 0) is 4.79 Å². The molecule has 39 heavy (non-hydrogen) atoms. The monoisotopic (exact) mass is 540 g/mol. The van der Waals surface area contributed by atoms with Crippen molar-refractivity contribution in [2.45, 2.75) is 34.1 Å². The van der Waals surface area contributed by atoms with E-state index in [1.54, 1.807) is 23.6 Å². The summed E-state index contributed by atoms with van der Waals surface area (Å²) in [5, 5.41) is 10.2. The molecule has 0 atom stereocenters. The highest BCUT2D eigenvalue weighted by atomic mass is 32.1. The summed E-state index contributed by atoms with van der Waals surface area (Å²) in [6.45, 7) is 8.01. The first kappa shape index (κ1) is 24.8. The Bertz CT molecular complexity index is 1860. The summed E-state index contributed by atoms with van der Waals surface area (Å²) in [6.07, 6.45) is 6.56. The molecule has 0 saturated heterocycles. The summed E-state index contributed by atoms with van der Waals surface area (Å²) in [4.78, 5) is 35.8. The lowest BCUT2D eigenvalue weighted by molar-refractivity contribution is -0.117. The van der Waals surface area contributed by atoms with Gasteiger partial charge in [0.2, 0.25) is 5.91 Å². The van der Waals surface area contributed by atoms with Gasteiger partial charge in [0.25, 0.3) is 0 Å². The molecular formula is C28H25FN8OS. The second kappa shape index (κ2) is 9.35. The van der Waals surface area contributed by atoms with Gasteiger partial charge in [-0.25, -0.2) is 14.4 Å². The molecule has 6 aromatic heterocycles. The van der Waals surface area contributed by atoms with Crippen LogP contribution >= 0.6 is 11.3 Å². The van der Waals surface area contributed by atoms with Crippen molar-refractivity contribution in [3.8, 4) is 33.2 Å². The number of aromatic nitrogens is 7. The van der Waals surface area contributed by atoms with Crippen LogP contribution in [0.2, 0.25) is 0 Å². The predicted molar refractivity (Wildman–Crippen MR) is 151 cm³/mol. The first-order valence-electron chi connectivity index (χ1n) is 12.4. The van der Waals surface area contributed by atoms with Crippen LogP contribution in [0.5, 0.6) is 0 Å². The maximum absolute atomic E-state index is 16.1. The minimum atomic E-state index is -0.517. The number of amides is 1. The zero-order valence-corrected chi connectivity index (χ0v) is 22.6. The Kier molecular flexibility index (Phi) is 5.95. The highest BCUT2D eigenvalue weighted by Gasteiger charge is 2.22. The van der Waals surface area contributed by atoms with Crippen molar-refractivity contribution < 1.29 is 9.18 Å². The molecule has 0 fully saturated rings. The normalized spacial score (nSPS) is 11.9. The van der Waals surface area contributed by atoms with E-state index in [4.69, 9.17) is 4.98 Å². The third kappa shape index (κ3) is 4.76. The molecule has 0 aromatic carbocycles. The van der Waals surface area contributed by atoms with Gasteiger partial charge in [-0.05, 0) is 36.6 Å². The molecule has 1 amide bonds. The fourth-order valence-electron chi connectivity index (χ4n) is 4.46. The molecule has 6 rings (SSSR count). The molecule has 0 aliphatic heterocycles. The number of imidazole rings is 1. The highest BCUT2D eigenvalue weighted by Crippen LogP contribution is 2.35. The molecular weight excluding hydrogens is 515 g/mol. The number of aryl methyl sites for hydroxylation is 1. The molecule has 0 saturated carbocycles. The molecule has 6 aromatic rings. The van der Waals surface area contributed by atoms with Crippen molar-refractivity contribution in [1.29, 1.82) is 0 Å². The fourth-order valence-corrected chi connectivity index (χ4v) is 5.32. The number of hydrogen-bond acceptors (Lipinski definition) is 7. The summed E-state index contributed by atoms with van der Waals surface area (Å²) in [6, 6.07) is 7.57. The lowest BCUT2D eigenvalue weighted by Gasteiger charge is -2.17. The third-order valence-electron chi connectivity index (χ3n) is 6.15. The van der Waals surface area contributed by atoms with Crippen LogP contribution in [0.4, 0.5) is 10.1 Å². The fraction of sp³-hybridized carbons (Fsp3) is 0.214. The van der Waals surface area contributed by atoms with Gasteiger partial charge in [0.05, 0.1) is 27.7 Å². The number of rotatable bonds is 5. The number of H-pyrrole nitrogens is 2. The summed E-state index contributed by atoms with van der Waals surface area (Å²) in [7, 11) is 0. The number of anilines is 1. The molecule has 0 aliphatic rings. The Balaban J connectivity index is 1.40. The number of thiophene rings is 1. The SMILES string of the molecule is Cc1ccc(-c2nccc3[nH]c(-c4n[nH]c5ncc(-c6cncc(NC(=O)CC(C)(C)C)c6)c(F)c45)nc23)s1. The van der Waals surface area contributed by atoms with E-state index in [-0.39, 0.29) is 22.3 Å². The topological polar surface area (TPSA) is 125 Å². The summed E-state index contributed by atoms with van der Waals surface area (Å²) in [5.41, 5.74) is 3.83. The van der Waals surface area contributed by atoms with Gasteiger partial charge in [0.1, 0.15) is 22.7 Å². The number of nitrogens with zero attached hydrogens (tertiary/aromatic N) is 5. The van der Waals surface area contributed by atoms with Crippen molar-refractivity contribution >= 4 is 45.0 Å². The summed E-state index contributed by atoms with van der Waals surface area (Å²) in [5.74, 6) is -0.251. The van der Waals surface area contributed by atoms with Gasteiger partial charge in [0.15, 0.2) is 11.5 Å². The van der Waals surface area contributed by atoms with Crippen molar-refractivity contribution in [3.05, 3.63) is 59.7 Å². The minimum Gasteiger partial charge on any atom is -0.336 e. The molecule has 3 N–H and O–H groups in total. The lowest BCUT2D eigenvalue weighted by Crippen LogP contribution is -2.19. The Labute approximate surface area is 227 Å². The van der Waals surface area contributed by atoms with E-state index >= 15 is 4.39 Å². The van der Waals surface area contributed by atoms with Gasteiger partial charge in [-0.1, -0.05) is 20.8 Å². The van der Waals surface area contributed by atoms with Gasteiger partial charge in [-0.2, -0.15) is 5.10 Å². The first-order chi connectivity index (χ1) is 18.7. The lowest BCUT2D eigenvalue weighted by atomic mass is 9.92. The Hall–Kier alpha value is -4.51. The summed E-state index contributed by atoms with van der Waals surface area (Å²) < 4.78 is 16.1. The zero-order valence-electron chi connectivity index (χ0n) is 21.8. The predicted octanol–water partition coefficient (Wildman–Crippen LogP) is 6.51. The van der Waals surface area contributed by atoms with E-state index in [9.17, 15) is 4.79 Å². The van der Waals surface area contributed by atoms with Crippen molar-refractivity contribution in [3.63, 3.8) is 0 Å². The second-order valence-corrected chi connectivity index (χ2v) is 11.9. The van der Waals surface area contributed by atoms with Crippen molar-refractivity contribution in [2.24, 2.45) is 5.41 Å². The molecule has 9 nitrogen and oxygen atoms in total. The van der Waals surface area contributed by atoms with E-state index in [2.05, 4.69) is 35.5 Å². The average molecular weight is 541 g/mol. The molecule has 0 radical (unpaired) electrons. The number of carbonyl (C=O) groups excluding carboxylic acids is 1. The Morgan fingerprint density at radius 2 is 1.95 bits per heavy atom. The molecule has 0 aliphatic carbocycles. The van der Waals surface area contributed by atoms with Crippen molar-refractivity contribution in [2.75, 3.05) is 5.32 Å². The maximum Gasteiger partial charge on any atom is 0.224 e. The number of fused-ring (bicyclic) bond motifs is 2. The number of pyridine rings is 3. The van der Waals surface area contributed by atoms with E-state index in [0.29, 0.717) is 40.4 Å². The first-order valence-corrected chi connectivity index (χ1v) is 13.2. The van der Waals surface area contributed by atoms with Gasteiger partial charge < -0.3 is 10.3 Å². The molecule has 0 bridgehead atoms. The number of hydrogen-bond donors (Lipinski definition) is 3. The van der Waals surface area contributed by atoms with Crippen LogP contribution in [0.25, 0.3) is 55.3 Å². The second-order valence-electron chi connectivity index (χ2n) is 10.6. The van der Waals surface area contributed by atoms with Crippen LogP contribution in [0, 0.1) is 18.2 Å². The Morgan fingerprint density at radius 3 is 2.72 bits per heavy atom. The average Bonchev–Trinajstić information content (AvgIpc) is 3.60. The van der Waals surface area contributed by atoms with E-state index in [0.717, 1.165) is 16.1 Å². The van der Waals surface area contributed by atoms with E-state index in [1.807, 2.05) is 45.9 Å². The van der Waals surface area contributed by atoms with E-state index in [1.165, 1.54) is 23.5 Å². The maximum atomic E-state index is 16.1. The largest absolute Gasteiger partial charge is 0.336 e. The van der Waals surface area contributed by atoms with Crippen LogP contribution < -0.4 is 5.32 Å². The number of aromatic amines is 2. The quantitative estimate of drug-likeness (QED) is 0.229. The molecule has 11 heteroatoms. The molecule has 0 unspecified atom stereocenters. The zero-order chi connectivity index (χ0) is 27.3. The molecule has 196 valence electrons.